The van der Waals surface area contributed by atoms with E-state index in [9.17, 15) is 5.11 Å². The van der Waals surface area contributed by atoms with Gasteiger partial charge in [-0.15, -0.1) is 5.69 Å². The normalized spacial score (nSPS) is 12.1. The molecule has 0 spiro atoms. The van der Waals surface area contributed by atoms with E-state index in [1.807, 2.05) is 18.2 Å². The third-order valence-electron chi connectivity index (χ3n) is 11.1. The van der Waals surface area contributed by atoms with Gasteiger partial charge in [0.05, 0.1) is 5.69 Å². The molecule has 59 heavy (non-hydrogen) atoms. The first-order valence-electron chi connectivity index (χ1n) is 20.4. The van der Waals surface area contributed by atoms with Crippen LogP contribution in [0.3, 0.4) is 0 Å². The molecule has 1 heterocycles. The molecule has 1 atom stereocenters. The van der Waals surface area contributed by atoms with Crippen molar-refractivity contribution in [3.8, 4) is 39.3 Å². The van der Waals surface area contributed by atoms with E-state index in [2.05, 4.69) is 186 Å². The topological polar surface area (TPSA) is 47.2 Å². The van der Waals surface area contributed by atoms with Gasteiger partial charge in [-0.2, -0.15) is 0 Å². The molecule has 0 saturated carbocycles. The number of hydrogen-bond acceptors (Lipinski definition) is 2. The van der Waals surface area contributed by atoms with E-state index >= 15 is 0 Å². The number of aromatic hydroxyl groups is 1. The molecule has 6 rings (SSSR count). The number of phenols is 1. The van der Waals surface area contributed by atoms with Crippen molar-refractivity contribution in [1.29, 1.82) is 0 Å². The standard InChI is InChI=1S/C53H61N2O.2CH3.Hf/c1-33(2)39-20-13-16-23-45(39)50(55-49-40(34(3)4)24-17-25-41(49)35(5)6)48-29-19-28-47(54-48)44-22-15-14-21-43(44)46-27-18-26-42(51(46)56)36-30-37(52(7,8)9)32-38(31-36)53(10,11)12;;;/h13-35,50H,1-12H3,(H,54,56);2*1H3;/q3*-1;. The summed E-state index contributed by atoms with van der Waals surface area (Å²) >= 11 is 0. The predicted octanol–water partition coefficient (Wildman–Crippen LogP) is 16.4. The Balaban J connectivity index is 0.00000310. The van der Waals surface area contributed by atoms with E-state index in [1.54, 1.807) is 0 Å². The van der Waals surface area contributed by atoms with E-state index in [1.165, 1.54) is 33.4 Å². The molecular weight excluding hydrogens is 883 g/mol. The van der Waals surface area contributed by atoms with E-state index in [-0.39, 0.29) is 63.3 Å². The number of aromatic nitrogens is 1. The molecule has 4 heteroatoms. The Kier molecular flexibility index (Phi) is 16.5. The van der Waals surface area contributed by atoms with Gasteiger partial charge in [0, 0.05) is 48.2 Å². The smallest absolute Gasteiger partial charge is 0.131 e. The number of hydrogen-bond donors (Lipinski definition) is 1. The summed E-state index contributed by atoms with van der Waals surface area (Å²) in [4.78, 5) is 5.46. The van der Waals surface area contributed by atoms with Gasteiger partial charge >= 0.3 is 0 Å². The molecule has 6 aromatic rings. The molecule has 0 bridgehead atoms. The van der Waals surface area contributed by atoms with Crippen molar-refractivity contribution in [3.05, 3.63) is 181 Å². The zero-order valence-corrected chi connectivity index (χ0v) is 41.8. The first-order chi connectivity index (χ1) is 26.5. The van der Waals surface area contributed by atoms with Crippen molar-refractivity contribution < 1.29 is 30.9 Å². The molecule has 0 aliphatic carbocycles. The van der Waals surface area contributed by atoms with Gasteiger partial charge in [-0.25, -0.2) is 0 Å². The maximum Gasteiger partial charge on any atom is 0.131 e. The van der Waals surface area contributed by atoms with Gasteiger partial charge in [0.25, 0.3) is 0 Å². The molecule has 0 fully saturated rings. The van der Waals surface area contributed by atoms with E-state index in [4.69, 9.17) is 10.3 Å². The van der Waals surface area contributed by atoms with Crippen LogP contribution < -0.4 is 0 Å². The fraction of sp³-hybridized carbons (Fsp3) is 0.327. The minimum atomic E-state index is -0.318. The monoisotopic (exact) mass is 951 g/mol. The van der Waals surface area contributed by atoms with Crippen LogP contribution in [0.1, 0.15) is 146 Å². The second kappa shape index (κ2) is 19.9. The second-order valence-electron chi connectivity index (χ2n) is 18.4. The van der Waals surface area contributed by atoms with Gasteiger partial charge < -0.3 is 25.3 Å². The third kappa shape index (κ3) is 10.7. The van der Waals surface area contributed by atoms with Gasteiger partial charge in [0.1, 0.15) is 5.75 Å². The SMILES string of the molecule is CC(C)c1ccccc1C([N-]c1c(C(C)C)cccc1C(C)C)c1cccc(-c2ccccc2-c2cccc(-c3cc(C(C)(C)C)cc(C(C)(C)C)c3)c2O)n1.[CH3-].[CH3-].[Hf]. The van der Waals surface area contributed by atoms with Crippen molar-refractivity contribution in [2.45, 2.75) is 118 Å². The van der Waals surface area contributed by atoms with Gasteiger partial charge in [-0.1, -0.05) is 209 Å². The van der Waals surface area contributed by atoms with Crippen molar-refractivity contribution in [3.63, 3.8) is 0 Å². The van der Waals surface area contributed by atoms with Crippen LogP contribution in [0.25, 0.3) is 38.8 Å². The van der Waals surface area contributed by atoms with Crippen LogP contribution in [0.4, 0.5) is 5.69 Å². The Bertz CT molecular complexity index is 2260. The molecule has 0 amide bonds. The summed E-state index contributed by atoms with van der Waals surface area (Å²) in [5.41, 5.74) is 14.7. The average molecular weight is 951 g/mol. The zero-order valence-electron chi connectivity index (χ0n) is 38.2. The summed E-state index contributed by atoms with van der Waals surface area (Å²) in [7, 11) is 0. The fourth-order valence-electron chi connectivity index (χ4n) is 7.71. The van der Waals surface area contributed by atoms with Crippen LogP contribution in [-0.4, -0.2) is 10.1 Å². The third-order valence-corrected chi connectivity index (χ3v) is 11.1. The molecule has 0 aliphatic rings. The maximum absolute atomic E-state index is 12.2. The Morgan fingerprint density at radius 2 is 0.932 bits per heavy atom. The Hall–Kier alpha value is -4.28. The van der Waals surface area contributed by atoms with Crippen LogP contribution in [0.15, 0.2) is 121 Å². The Morgan fingerprint density at radius 1 is 0.492 bits per heavy atom. The number of phenolic OH excluding ortho intramolecular Hbond substituents is 1. The molecule has 0 radical (unpaired) electrons. The number of rotatable bonds is 10. The van der Waals surface area contributed by atoms with Crippen LogP contribution >= 0.6 is 0 Å². The van der Waals surface area contributed by atoms with Crippen molar-refractivity contribution >= 4 is 5.69 Å². The number of nitrogens with zero attached hydrogens (tertiary/aromatic N) is 2. The van der Waals surface area contributed by atoms with Gasteiger partial charge in [0.2, 0.25) is 0 Å². The fourth-order valence-corrected chi connectivity index (χ4v) is 7.71. The van der Waals surface area contributed by atoms with Crippen molar-refractivity contribution in [2.24, 2.45) is 0 Å². The van der Waals surface area contributed by atoms with Crippen molar-refractivity contribution in [2.75, 3.05) is 0 Å². The van der Waals surface area contributed by atoms with Crippen LogP contribution in [0.2, 0.25) is 0 Å². The molecule has 1 N–H and O–H groups in total. The van der Waals surface area contributed by atoms with Crippen LogP contribution in [0.5, 0.6) is 5.75 Å². The van der Waals surface area contributed by atoms with E-state index in [0.29, 0.717) is 17.8 Å². The van der Waals surface area contributed by atoms with Crippen molar-refractivity contribution in [1.82, 2.24) is 4.98 Å². The maximum atomic E-state index is 12.2. The Labute approximate surface area is 376 Å². The summed E-state index contributed by atoms with van der Waals surface area (Å²) in [5.74, 6) is 1.22. The number of para-hydroxylation sites is 2. The van der Waals surface area contributed by atoms with E-state index in [0.717, 1.165) is 44.9 Å². The first-order valence-corrected chi connectivity index (χ1v) is 20.4. The van der Waals surface area contributed by atoms with Crippen LogP contribution in [0, 0.1) is 14.9 Å². The van der Waals surface area contributed by atoms with Gasteiger partial charge in [-0.3, -0.25) is 4.98 Å². The summed E-state index contributed by atoms with van der Waals surface area (Å²) < 4.78 is 0. The molecular formula is C55H67HfN2O-3. The minimum absolute atomic E-state index is 0. The Morgan fingerprint density at radius 3 is 1.47 bits per heavy atom. The number of benzene rings is 5. The molecule has 310 valence electrons. The first kappa shape index (κ1) is 49.1. The van der Waals surface area contributed by atoms with Gasteiger partial charge in [-0.05, 0) is 74.6 Å². The van der Waals surface area contributed by atoms with Gasteiger partial charge in [0.15, 0.2) is 0 Å². The summed E-state index contributed by atoms with van der Waals surface area (Å²) in [5, 5.41) is 17.9. The summed E-state index contributed by atoms with van der Waals surface area (Å²) in [6.07, 6.45) is 0. The molecule has 1 aromatic heterocycles. The number of pyridine rings is 1. The molecule has 0 aliphatic heterocycles. The quantitative estimate of drug-likeness (QED) is 0.110. The molecule has 5 aromatic carbocycles. The molecule has 1 unspecified atom stereocenters. The summed E-state index contributed by atoms with van der Waals surface area (Å²) in [6, 6.07) is 42.6. The largest absolute Gasteiger partial charge is 0.673 e. The minimum Gasteiger partial charge on any atom is -0.673 e. The molecule has 0 saturated heterocycles. The zero-order chi connectivity index (χ0) is 40.5. The summed E-state index contributed by atoms with van der Waals surface area (Å²) in [6.45, 7) is 27.0. The second-order valence-corrected chi connectivity index (χ2v) is 18.4. The molecule has 3 nitrogen and oxygen atoms in total. The van der Waals surface area contributed by atoms with Crippen LogP contribution in [-0.2, 0) is 36.7 Å². The van der Waals surface area contributed by atoms with E-state index < -0.39 is 0 Å². The predicted molar refractivity (Wildman–Crippen MR) is 252 cm³/mol. The average Bonchev–Trinajstić information content (AvgIpc) is 3.16.